The number of carbonyl (C=O) groups excluding carboxylic acids is 1. The predicted molar refractivity (Wildman–Crippen MR) is 91.3 cm³/mol. The summed E-state index contributed by atoms with van der Waals surface area (Å²) >= 11 is 0. The Bertz CT molecular complexity index is 590. The molecule has 0 fully saturated rings. The molecule has 2 aromatic rings. The van der Waals surface area contributed by atoms with Crippen LogP contribution in [0.25, 0.3) is 0 Å². The molecule has 0 aliphatic heterocycles. The second-order valence-electron chi connectivity index (χ2n) is 5.27. The van der Waals surface area contributed by atoms with Gasteiger partial charge in [0, 0.05) is 32.1 Å². The van der Waals surface area contributed by atoms with Gasteiger partial charge in [-0.15, -0.1) is 0 Å². The topological polar surface area (TPSA) is 54.5 Å². The van der Waals surface area contributed by atoms with Gasteiger partial charge in [0.15, 0.2) is 0 Å². The highest BCUT2D eigenvalue weighted by Gasteiger charge is 2.22. The largest absolute Gasteiger partial charge is 0.385 e. The molecule has 0 saturated carbocycles. The number of ether oxygens (including phenoxy) is 1. The Balaban J connectivity index is 2.11. The summed E-state index contributed by atoms with van der Waals surface area (Å²) in [6, 6.07) is 14.9. The lowest BCUT2D eigenvalue weighted by Gasteiger charge is -2.29. The molecule has 5 nitrogen and oxygen atoms in total. The van der Waals surface area contributed by atoms with Gasteiger partial charge in [-0.2, -0.15) is 0 Å². The van der Waals surface area contributed by atoms with Crippen LogP contribution in [0.4, 0.5) is 10.5 Å². The molecule has 23 heavy (non-hydrogen) atoms. The van der Waals surface area contributed by atoms with Crippen LogP contribution in [0.3, 0.4) is 0 Å². The maximum absolute atomic E-state index is 12.7. The second-order valence-corrected chi connectivity index (χ2v) is 5.27. The van der Waals surface area contributed by atoms with Crippen molar-refractivity contribution < 1.29 is 9.53 Å². The summed E-state index contributed by atoms with van der Waals surface area (Å²) < 4.78 is 5.10. The second kappa shape index (κ2) is 8.90. The molecular weight excluding hydrogens is 290 g/mol. The zero-order valence-corrected chi connectivity index (χ0v) is 13.6. The third-order valence-electron chi connectivity index (χ3n) is 3.62. The fraction of sp³-hybridized carbons (Fsp3) is 0.333. The Morgan fingerprint density at radius 3 is 2.61 bits per heavy atom. The lowest BCUT2D eigenvalue weighted by Crippen LogP contribution is -2.38. The normalized spacial score (nSPS) is 11.7. The number of benzene rings is 1. The fourth-order valence-corrected chi connectivity index (χ4v) is 2.35. The zero-order valence-electron chi connectivity index (χ0n) is 13.6. The van der Waals surface area contributed by atoms with E-state index in [0.717, 1.165) is 17.8 Å². The summed E-state index contributed by atoms with van der Waals surface area (Å²) in [6.45, 7) is 3.20. The summed E-state index contributed by atoms with van der Waals surface area (Å²) in [7, 11) is 1.66. The van der Waals surface area contributed by atoms with Gasteiger partial charge in [-0.25, -0.2) is 4.79 Å². The van der Waals surface area contributed by atoms with Crippen molar-refractivity contribution in [3.8, 4) is 0 Å². The average Bonchev–Trinajstić information content (AvgIpc) is 2.60. The number of methoxy groups -OCH3 is 1. The van der Waals surface area contributed by atoms with Crippen molar-refractivity contribution in [1.29, 1.82) is 0 Å². The molecule has 1 heterocycles. The number of urea groups is 1. The zero-order chi connectivity index (χ0) is 16.5. The van der Waals surface area contributed by atoms with Crippen LogP contribution in [-0.2, 0) is 4.74 Å². The van der Waals surface area contributed by atoms with Gasteiger partial charge >= 0.3 is 6.03 Å². The first-order chi connectivity index (χ1) is 11.2. The summed E-state index contributed by atoms with van der Waals surface area (Å²) in [5.41, 5.74) is 1.65. The molecule has 0 spiro atoms. The first-order valence-corrected chi connectivity index (χ1v) is 7.75. The molecule has 1 aromatic heterocycles. The Labute approximate surface area is 137 Å². The van der Waals surface area contributed by atoms with Crippen LogP contribution < -0.4 is 5.32 Å². The van der Waals surface area contributed by atoms with E-state index in [9.17, 15) is 4.79 Å². The molecule has 122 valence electrons. The van der Waals surface area contributed by atoms with Crippen LogP contribution in [0.15, 0.2) is 54.7 Å². The smallest absolute Gasteiger partial charge is 0.322 e. The van der Waals surface area contributed by atoms with Crippen LogP contribution in [-0.4, -0.2) is 36.2 Å². The fourth-order valence-electron chi connectivity index (χ4n) is 2.35. The molecule has 1 atom stereocenters. The van der Waals surface area contributed by atoms with Gasteiger partial charge in [0.25, 0.3) is 0 Å². The number of pyridine rings is 1. The van der Waals surface area contributed by atoms with Crippen molar-refractivity contribution >= 4 is 11.7 Å². The van der Waals surface area contributed by atoms with E-state index < -0.39 is 0 Å². The van der Waals surface area contributed by atoms with Crippen molar-refractivity contribution in [2.24, 2.45) is 0 Å². The van der Waals surface area contributed by atoms with Crippen molar-refractivity contribution in [2.75, 3.05) is 25.6 Å². The lowest BCUT2D eigenvalue weighted by molar-refractivity contribution is 0.160. The van der Waals surface area contributed by atoms with Gasteiger partial charge in [-0.3, -0.25) is 4.98 Å². The summed E-state index contributed by atoms with van der Waals surface area (Å²) in [5.74, 6) is 0. The van der Waals surface area contributed by atoms with Crippen molar-refractivity contribution in [2.45, 2.75) is 19.4 Å². The number of rotatable bonds is 7. The summed E-state index contributed by atoms with van der Waals surface area (Å²) in [6.07, 6.45) is 2.52. The molecule has 0 bridgehead atoms. The molecule has 1 N–H and O–H groups in total. The minimum absolute atomic E-state index is 0.114. The molecule has 0 unspecified atom stereocenters. The summed E-state index contributed by atoms with van der Waals surface area (Å²) in [4.78, 5) is 18.8. The van der Waals surface area contributed by atoms with Crippen LogP contribution >= 0.6 is 0 Å². The first-order valence-electron chi connectivity index (χ1n) is 7.75. The number of para-hydroxylation sites is 1. The minimum Gasteiger partial charge on any atom is -0.385 e. The van der Waals surface area contributed by atoms with Crippen LogP contribution in [0.5, 0.6) is 0 Å². The van der Waals surface area contributed by atoms with E-state index in [0.29, 0.717) is 13.2 Å². The molecule has 5 heteroatoms. The highest BCUT2D eigenvalue weighted by Crippen LogP contribution is 2.20. The number of nitrogens with one attached hydrogen (secondary N) is 1. The lowest BCUT2D eigenvalue weighted by atomic mass is 10.2. The molecule has 0 radical (unpaired) electrons. The SMILES string of the molecule is COCCCN(C(=O)Nc1ccccc1)[C@H](C)c1ccccn1. The maximum Gasteiger partial charge on any atom is 0.322 e. The Morgan fingerprint density at radius 1 is 1.22 bits per heavy atom. The standard InChI is InChI=1S/C18H23N3O2/c1-15(17-11-6-7-12-19-17)21(13-8-14-23-2)18(22)20-16-9-4-3-5-10-16/h3-7,9-12,15H,8,13-14H2,1-2H3,(H,20,22)/t15-/m1/s1. The summed E-state index contributed by atoms with van der Waals surface area (Å²) in [5, 5.41) is 2.94. The molecule has 2 amide bonds. The van der Waals surface area contributed by atoms with E-state index in [-0.39, 0.29) is 12.1 Å². The van der Waals surface area contributed by atoms with Crippen LogP contribution in [0.2, 0.25) is 0 Å². The highest BCUT2D eigenvalue weighted by molar-refractivity contribution is 5.89. The highest BCUT2D eigenvalue weighted by atomic mass is 16.5. The van der Waals surface area contributed by atoms with Gasteiger partial charge in [-0.1, -0.05) is 24.3 Å². The predicted octanol–water partition coefficient (Wildman–Crippen LogP) is 3.71. The number of aromatic nitrogens is 1. The molecule has 0 aliphatic carbocycles. The third-order valence-corrected chi connectivity index (χ3v) is 3.62. The Morgan fingerprint density at radius 2 is 1.96 bits per heavy atom. The van der Waals surface area contributed by atoms with Gasteiger partial charge in [-0.05, 0) is 37.6 Å². The Hall–Kier alpha value is -2.40. The number of carbonyl (C=O) groups is 1. The van der Waals surface area contributed by atoms with E-state index in [2.05, 4.69) is 10.3 Å². The molecule has 2 rings (SSSR count). The quantitative estimate of drug-likeness (QED) is 0.793. The van der Waals surface area contributed by atoms with E-state index in [4.69, 9.17) is 4.74 Å². The van der Waals surface area contributed by atoms with E-state index in [1.165, 1.54) is 0 Å². The molecule has 0 aliphatic rings. The molecule has 0 saturated heterocycles. The van der Waals surface area contributed by atoms with Gasteiger partial charge in [0.1, 0.15) is 0 Å². The molecule has 1 aromatic carbocycles. The number of hydrogen-bond acceptors (Lipinski definition) is 3. The maximum atomic E-state index is 12.7. The van der Waals surface area contributed by atoms with Crippen molar-refractivity contribution in [3.63, 3.8) is 0 Å². The number of hydrogen-bond donors (Lipinski definition) is 1. The van der Waals surface area contributed by atoms with Crippen LogP contribution in [0, 0.1) is 0 Å². The Kier molecular flexibility index (Phi) is 6.56. The van der Waals surface area contributed by atoms with Crippen molar-refractivity contribution in [3.05, 3.63) is 60.4 Å². The third kappa shape index (κ3) is 5.07. The van der Waals surface area contributed by atoms with E-state index in [1.807, 2.05) is 55.5 Å². The van der Waals surface area contributed by atoms with Crippen LogP contribution in [0.1, 0.15) is 25.1 Å². The minimum atomic E-state index is -0.134. The van der Waals surface area contributed by atoms with Gasteiger partial charge in [0.2, 0.25) is 0 Å². The van der Waals surface area contributed by atoms with Gasteiger partial charge in [0.05, 0.1) is 11.7 Å². The van der Waals surface area contributed by atoms with E-state index in [1.54, 1.807) is 18.2 Å². The first kappa shape index (κ1) is 17.0. The molecular formula is C18H23N3O2. The number of anilines is 1. The van der Waals surface area contributed by atoms with Crippen molar-refractivity contribution in [1.82, 2.24) is 9.88 Å². The van der Waals surface area contributed by atoms with Gasteiger partial charge < -0.3 is 15.0 Å². The average molecular weight is 313 g/mol. The number of nitrogens with zero attached hydrogens (tertiary/aromatic N) is 2. The van der Waals surface area contributed by atoms with E-state index >= 15 is 0 Å². The number of amides is 2. The monoisotopic (exact) mass is 313 g/mol.